The van der Waals surface area contributed by atoms with Crippen molar-refractivity contribution >= 4 is 39.2 Å². The summed E-state index contributed by atoms with van der Waals surface area (Å²) >= 11 is 6.20. The lowest BCUT2D eigenvalue weighted by Crippen LogP contribution is -2.53. The fourth-order valence-corrected chi connectivity index (χ4v) is 4.99. The normalized spacial score (nSPS) is 19.9. The summed E-state index contributed by atoms with van der Waals surface area (Å²) in [5, 5.41) is 5.33. The topological polar surface area (TPSA) is 117 Å². The second-order valence-electron chi connectivity index (χ2n) is 6.64. The molecule has 1 atom stereocenters. The van der Waals surface area contributed by atoms with Gasteiger partial charge in [0.1, 0.15) is 10.6 Å². The minimum atomic E-state index is -3.90. The van der Waals surface area contributed by atoms with Gasteiger partial charge in [0.05, 0.1) is 17.3 Å². The zero-order chi connectivity index (χ0) is 21.2. The van der Waals surface area contributed by atoms with Crippen molar-refractivity contribution in [2.45, 2.75) is 17.9 Å². The predicted molar refractivity (Wildman–Crippen MR) is 106 cm³/mol. The van der Waals surface area contributed by atoms with Crippen molar-refractivity contribution in [3.63, 3.8) is 0 Å². The molecule has 2 aliphatic heterocycles. The molecule has 2 heterocycles. The van der Waals surface area contributed by atoms with Crippen molar-refractivity contribution in [2.24, 2.45) is 0 Å². The third-order valence-electron chi connectivity index (χ3n) is 4.69. The van der Waals surface area contributed by atoms with Gasteiger partial charge < -0.3 is 25.0 Å². The first kappa shape index (κ1) is 21.6. The molecule has 3 rings (SSSR count). The summed E-state index contributed by atoms with van der Waals surface area (Å²) in [5.74, 6) is -0.0831. The molecule has 1 aromatic carbocycles. The maximum Gasteiger partial charge on any atom is 0.317 e. The monoisotopic (exact) mass is 446 g/mol. The number of amides is 3. The number of benzene rings is 1. The average Bonchev–Trinajstić information content (AvgIpc) is 2.69. The Kier molecular flexibility index (Phi) is 6.52. The fourth-order valence-electron chi connectivity index (χ4n) is 3.05. The Balaban J connectivity index is 1.71. The number of fused-ring (bicyclic) bond motifs is 1. The number of hydrogen-bond acceptors (Lipinski definition) is 6. The van der Waals surface area contributed by atoms with Crippen molar-refractivity contribution in [1.29, 1.82) is 0 Å². The molecule has 0 aliphatic carbocycles. The molecule has 1 fully saturated rings. The number of carbonyl (C=O) groups is 2. The highest BCUT2D eigenvalue weighted by Gasteiger charge is 2.34. The number of piperazine rings is 1. The number of hydrogen-bond donors (Lipinski definition) is 2. The Labute approximate surface area is 174 Å². The minimum absolute atomic E-state index is 0.0121. The Hall–Kier alpha value is -2.08. The molecule has 0 radical (unpaired) electrons. The molecular weight excluding hydrogens is 424 g/mol. The quantitative estimate of drug-likeness (QED) is 0.643. The van der Waals surface area contributed by atoms with Gasteiger partial charge in [-0.1, -0.05) is 11.6 Å². The first-order valence-electron chi connectivity index (χ1n) is 9.07. The van der Waals surface area contributed by atoms with Crippen LogP contribution >= 0.6 is 11.6 Å². The zero-order valence-corrected chi connectivity index (χ0v) is 17.7. The molecule has 2 aliphatic rings. The smallest absolute Gasteiger partial charge is 0.317 e. The lowest BCUT2D eigenvalue weighted by Gasteiger charge is -2.34. The van der Waals surface area contributed by atoms with Gasteiger partial charge in [0, 0.05) is 45.9 Å². The van der Waals surface area contributed by atoms with E-state index in [0.717, 1.165) is 0 Å². The van der Waals surface area contributed by atoms with Crippen LogP contribution in [0.25, 0.3) is 0 Å². The minimum Gasteiger partial charge on any atom is -0.479 e. The fraction of sp³-hybridized carbons (Fsp3) is 0.529. The summed E-state index contributed by atoms with van der Waals surface area (Å²) in [4.78, 5) is 25.3. The number of nitrogens with zero attached hydrogens (tertiary/aromatic N) is 2. The molecule has 0 saturated carbocycles. The second-order valence-corrected chi connectivity index (χ2v) is 8.96. The number of urea groups is 1. The van der Waals surface area contributed by atoms with E-state index in [1.54, 1.807) is 18.9 Å². The van der Waals surface area contributed by atoms with Gasteiger partial charge in [-0.25, -0.2) is 13.2 Å². The highest BCUT2D eigenvalue weighted by atomic mass is 35.5. The van der Waals surface area contributed by atoms with E-state index in [-0.39, 0.29) is 53.8 Å². The van der Waals surface area contributed by atoms with Gasteiger partial charge >= 0.3 is 6.03 Å². The molecule has 1 saturated heterocycles. The summed E-state index contributed by atoms with van der Waals surface area (Å²) < 4.78 is 37.8. The highest BCUT2D eigenvalue weighted by molar-refractivity contribution is 7.89. The van der Waals surface area contributed by atoms with E-state index in [2.05, 4.69) is 10.6 Å². The standard InChI is InChI=1S/C17H23ClN4O6S/c1-11-16(23)20-13-9-12(18)15(10-14(13)28-11)29(25,26)22-6-4-21(5-7-22)17(24)19-3-8-27-2/h9-11H,3-8H2,1-2H3,(H,19,24)(H,20,23)/t11-/m0/s1. The number of methoxy groups -OCH3 is 1. The Bertz CT molecular complexity index is 901. The molecule has 3 amide bonds. The SMILES string of the molecule is COCCNC(=O)N1CCN(S(=O)(=O)c2cc3c(cc2Cl)NC(=O)[C@H](C)O3)CC1. The van der Waals surface area contributed by atoms with Gasteiger partial charge in [0.2, 0.25) is 10.0 Å². The van der Waals surface area contributed by atoms with E-state index >= 15 is 0 Å². The third kappa shape index (κ3) is 4.58. The van der Waals surface area contributed by atoms with E-state index < -0.39 is 16.1 Å². The van der Waals surface area contributed by atoms with Crippen LogP contribution < -0.4 is 15.4 Å². The van der Waals surface area contributed by atoms with Crippen molar-refractivity contribution in [1.82, 2.24) is 14.5 Å². The molecule has 0 unspecified atom stereocenters. The molecular formula is C17H23ClN4O6S. The number of nitrogens with one attached hydrogen (secondary N) is 2. The van der Waals surface area contributed by atoms with Crippen molar-refractivity contribution < 1.29 is 27.5 Å². The maximum absolute atomic E-state index is 13.1. The summed E-state index contributed by atoms with van der Waals surface area (Å²) in [6, 6.07) is 2.43. The van der Waals surface area contributed by atoms with Gasteiger partial charge in [-0.2, -0.15) is 4.31 Å². The molecule has 0 aromatic heterocycles. The lowest BCUT2D eigenvalue weighted by molar-refractivity contribution is -0.122. The molecule has 12 heteroatoms. The van der Waals surface area contributed by atoms with Crippen LogP contribution in [-0.4, -0.2) is 82.1 Å². The molecule has 10 nitrogen and oxygen atoms in total. The Morgan fingerprint density at radius 2 is 2.03 bits per heavy atom. The maximum atomic E-state index is 13.1. The van der Waals surface area contributed by atoms with E-state index in [0.29, 0.717) is 18.8 Å². The van der Waals surface area contributed by atoms with Crippen LogP contribution in [0.1, 0.15) is 6.92 Å². The summed E-state index contributed by atoms with van der Waals surface area (Å²) in [7, 11) is -2.35. The highest BCUT2D eigenvalue weighted by Crippen LogP contribution is 2.37. The Morgan fingerprint density at radius 3 is 2.69 bits per heavy atom. The van der Waals surface area contributed by atoms with Gasteiger partial charge in [0.25, 0.3) is 5.91 Å². The van der Waals surface area contributed by atoms with Gasteiger partial charge in [0.15, 0.2) is 6.10 Å². The van der Waals surface area contributed by atoms with Crippen molar-refractivity contribution in [2.75, 3.05) is 51.8 Å². The average molecular weight is 447 g/mol. The molecule has 1 aromatic rings. The zero-order valence-electron chi connectivity index (χ0n) is 16.1. The number of sulfonamides is 1. The van der Waals surface area contributed by atoms with Crippen LogP contribution in [0.5, 0.6) is 5.75 Å². The molecule has 2 N–H and O–H groups in total. The summed E-state index contributed by atoms with van der Waals surface area (Å²) in [6.45, 7) is 3.14. The number of anilines is 1. The van der Waals surface area contributed by atoms with Gasteiger partial charge in [-0.05, 0) is 13.0 Å². The first-order valence-corrected chi connectivity index (χ1v) is 10.9. The molecule has 160 valence electrons. The number of ether oxygens (including phenoxy) is 2. The summed E-state index contributed by atoms with van der Waals surface area (Å²) in [5.41, 5.74) is 0.328. The molecule has 0 bridgehead atoms. The van der Waals surface area contributed by atoms with E-state index in [9.17, 15) is 18.0 Å². The van der Waals surface area contributed by atoms with E-state index in [1.165, 1.54) is 16.4 Å². The van der Waals surface area contributed by atoms with Crippen LogP contribution in [0.4, 0.5) is 10.5 Å². The van der Waals surface area contributed by atoms with Crippen LogP contribution in [0, 0.1) is 0 Å². The molecule has 29 heavy (non-hydrogen) atoms. The summed E-state index contributed by atoms with van der Waals surface area (Å²) in [6.07, 6.45) is -0.737. The third-order valence-corrected chi connectivity index (χ3v) is 7.05. The number of rotatable bonds is 5. The molecule has 0 spiro atoms. The largest absolute Gasteiger partial charge is 0.479 e. The second kappa shape index (κ2) is 8.74. The van der Waals surface area contributed by atoms with E-state index in [1.807, 2.05) is 0 Å². The van der Waals surface area contributed by atoms with Crippen LogP contribution in [0.15, 0.2) is 17.0 Å². The van der Waals surface area contributed by atoms with Crippen molar-refractivity contribution in [3.8, 4) is 5.75 Å². The van der Waals surface area contributed by atoms with Gasteiger partial charge in [-0.3, -0.25) is 4.79 Å². The van der Waals surface area contributed by atoms with Crippen LogP contribution in [0.2, 0.25) is 5.02 Å². The Morgan fingerprint density at radius 1 is 1.34 bits per heavy atom. The lowest BCUT2D eigenvalue weighted by atomic mass is 10.2. The first-order chi connectivity index (χ1) is 13.7. The van der Waals surface area contributed by atoms with Crippen molar-refractivity contribution in [3.05, 3.63) is 17.2 Å². The number of halogens is 1. The van der Waals surface area contributed by atoms with Crippen LogP contribution in [0.3, 0.4) is 0 Å². The predicted octanol–water partition coefficient (Wildman–Crippen LogP) is 0.722. The number of carbonyl (C=O) groups excluding carboxylic acids is 2. The van der Waals surface area contributed by atoms with E-state index in [4.69, 9.17) is 21.1 Å². The van der Waals surface area contributed by atoms with Gasteiger partial charge in [-0.15, -0.1) is 0 Å². The van der Waals surface area contributed by atoms with Crippen LogP contribution in [-0.2, 0) is 19.6 Å².